The van der Waals surface area contributed by atoms with Gasteiger partial charge in [0.05, 0.1) is 16.2 Å². The molecular formula is C17H20ClN3. The Hall–Kier alpha value is -1.32. The predicted molar refractivity (Wildman–Crippen MR) is 88.0 cm³/mol. The van der Waals surface area contributed by atoms with E-state index >= 15 is 0 Å². The monoisotopic (exact) mass is 301 g/mol. The summed E-state index contributed by atoms with van der Waals surface area (Å²) < 4.78 is 0. The maximum Gasteiger partial charge on any atom is 0.0948 e. The number of fused-ring (bicyclic) bond motifs is 2. The molecule has 1 aromatic carbocycles. The van der Waals surface area contributed by atoms with Crippen molar-refractivity contribution in [2.45, 2.75) is 37.8 Å². The largest absolute Gasteiger partial charge is 0.380 e. The lowest BCUT2D eigenvalue weighted by Gasteiger charge is -2.35. The van der Waals surface area contributed by atoms with Crippen LogP contribution in [0.3, 0.4) is 0 Å². The molecular weight excluding hydrogens is 282 g/mol. The maximum atomic E-state index is 6.27. The van der Waals surface area contributed by atoms with E-state index in [1.807, 2.05) is 24.4 Å². The zero-order valence-electron chi connectivity index (χ0n) is 12.1. The highest BCUT2D eigenvalue weighted by Gasteiger charge is 2.31. The van der Waals surface area contributed by atoms with Crippen LogP contribution < -0.4 is 5.32 Å². The van der Waals surface area contributed by atoms with Crippen molar-refractivity contribution < 1.29 is 0 Å². The van der Waals surface area contributed by atoms with Crippen molar-refractivity contribution >= 4 is 28.2 Å². The summed E-state index contributed by atoms with van der Waals surface area (Å²) in [7, 11) is 0. The summed E-state index contributed by atoms with van der Waals surface area (Å²) in [5, 5.41) is 5.52. The van der Waals surface area contributed by atoms with Crippen molar-refractivity contribution in [1.82, 2.24) is 9.88 Å². The molecule has 4 heteroatoms. The lowest BCUT2D eigenvalue weighted by atomic mass is 9.97. The molecule has 0 amide bonds. The summed E-state index contributed by atoms with van der Waals surface area (Å²) in [5.74, 6) is 0. The lowest BCUT2D eigenvalue weighted by Crippen LogP contribution is -2.42. The Morgan fingerprint density at radius 1 is 1.19 bits per heavy atom. The van der Waals surface area contributed by atoms with Crippen molar-refractivity contribution in [3.8, 4) is 0 Å². The summed E-state index contributed by atoms with van der Waals surface area (Å²) in [6.45, 7) is 2.52. The van der Waals surface area contributed by atoms with E-state index in [2.05, 4.69) is 21.3 Å². The predicted octanol–water partition coefficient (Wildman–Crippen LogP) is 3.93. The van der Waals surface area contributed by atoms with Crippen molar-refractivity contribution in [3.05, 3.63) is 35.5 Å². The SMILES string of the molecule is Clc1ccc(NC2CCN3CCCC3C2)c2ncccc12. The quantitative estimate of drug-likeness (QED) is 0.911. The minimum Gasteiger partial charge on any atom is -0.380 e. The third-order valence-electron chi connectivity index (χ3n) is 4.90. The number of nitrogens with zero attached hydrogens (tertiary/aromatic N) is 2. The van der Waals surface area contributed by atoms with Crippen LogP contribution in [0, 0.1) is 0 Å². The Morgan fingerprint density at radius 2 is 2.14 bits per heavy atom. The van der Waals surface area contributed by atoms with E-state index in [1.54, 1.807) is 0 Å². The van der Waals surface area contributed by atoms with Gasteiger partial charge in [-0.15, -0.1) is 0 Å². The summed E-state index contributed by atoms with van der Waals surface area (Å²) in [6.07, 6.45) is 7.02. The highest BCUT2D eigenvalue weighted by molar-refractivity contribution is 6.35. The molecule has 0 aliphatic carbocycles. The smallest absolute Gasteiger partial charge is 0.0948 e. The second kappa shape index (κ2) is 5.47. The first-order valence-electron chi connectivity index (χ1n) is 7.85. The summed E-state index contributed by atoms with van der Waals surface area (Å²) in [5.41, 5.74) is 2.10. The van der Waals surface area contributed by atoms with Crippen LogP contribution in [-0.4, -0.2) is 35.1 Å². The number of nitrogens with one attached hydrogen (secondary N) is 1. The number of pyridine rings is 1. The van der Waals surface area contributed by atoms with E-state index < -0.39 is 0 Å². The first-order chi connectivity index (χ1) is 10.3. The molecule has 3 heterocycles. The molecule has 2 aliphatic heterocycles. The van der Waals surface area contributed by atoms with Gasteiger partial charge in [-0.1, -0.05) is 11.6 Å². The molecule has 2 aromatic rings. The van der Waals surface area contributed by atoms with Crippen LogP contribution in [0.15, 0.2) is 30.5 Å². The van der Waals surface area contributed by atoms with E-state index in [1.165, 1.54) is 38.8 Å². The Morgan fingerprint density at radius 3 is 3.10 bits per heavy atom. The van der Waals surface area contributed by atoms with Crippen LogP contribution in [0.1, 0.15) is 25.7 Å². The van der Waals surface area contributed by atoms with Crippen molar-refractivity contribution in [3.63, 3.8) is 0 Å². The minimum atomic E-state index is 0.552. The Labute approximate surface area is 130 Å². The summed E-state index contributed by atoms with van der Waals surface area (Å²) in [6, 6.07) is 9.35. The Bertz CT molecular complexity index is 658. The molecule has 2 aliphatic rings. The van der Waals surface area contributed by atoms with Gasteiger partial charge in [-0.05, 0) is 56.5 Å². The molecule has 2 fully saturated rings. The van der Waals surface area contributed by atoms with Gasteiger partial charge in [0.25, 0.3) is 0 Å². The van der Waals surface area contributed by atoms with Gasteiger partial charge < -0.3 is 10.2 Å². The number of aromatic nitrogens is 1. The molecule has 1 aromatic heterocycles. The Balaban J connectivity index is 1.58. The summed E-state index contributed by atoms with van der Waals surface area (Å²) in [4.78, 5) is 7.17. The number of benzene rings is 1. The highest BCUT2D eigenvalue weighted by atomic mass is 35.5. The second-order valence-electron chi connectivity index (χ2n) is 6.19. The molecule has 0 radical (unpaired) electrons. The van der Waals surface area contributed by atoms with E-state index in [0.717, 1.165) is 27.7 Å². The van der Waals surface area contributed by atoms with Gasteiger partial charge in [0.2, 0.25) is 0 Å². The maximum absolute atomic E-state index is 6.27. The number of piperidine rings is 1. The average molecular weight is 302 g/mol. The number of hydrogen-bond donors (Lipinski definition) is 1. The molecule has 2 saturated heterocycles. The van der Waals surface area contributed by atoms with E-state index in [4.69, 9.17) is 11.6 Å². The van der Waals surface area contributed by atoms with Crippen LogP contribution in [-0.2, 0) is 0 Å². The van der Waals surface area contributed by atoms with Crippen molar-refractivity contribution in [1.29, 1.82) is 0 Å². The third kappa shape index (κ3) is 2.49. The van der Waals surface area contributed by atoms with Crippen LogP contribution in [0.2, 0.25) is 5.02 Å². The molecule has 0 saturated carbocycles. The number of anilines is 1. The average Bonchev–Trinajstić information content (AvgIpc) is 2.98. The lowest BCUT2D eigenvalue weighted by molar-refractivity contribution is 0.188. The standard InChI is InChI=1S/C17H20ClN3/c18-15-5-6-16(17-14(15)4-1-8-19-17)20-12-7-10-21-9-2-3-13(21)11-12/h1,4-6,8,12-13,20H,2-3,7,9-11H2. The zero-order valence-corrected chi connectivity index (χ0v) is 12.8. The molecule has 2 atom stereocenters. The van der Waals surface area contributed by atoms with Crippen LogP contribution >= 0.6 is 11.6 Å². The topological polar surface area (TPSA) is 28.2 Å². The van der Waals surface area contributed by atoms with Crippen LogP contribution in [0.4, 0.5) is 5.69 Å². The first-order valence-corrected chi connectivity index (χ1v) is 8.23. The first kappa shape index (κ1) is 13.4. The number of hydrogen-bond acceptors (Lipinski definition) is 3. The molecule has 2 unspecified atom stereocenters. The normalized spacial score (nSPS) is 26.0. The van der Waals surface area contributed by atoms with Crippen LogP contribution in [0.5, 0.6) is 0 Å². The second-order valence-corrected chi connectivity index (χ2v) is 6.60. The number of halogens is 1. The molecule has 4 rings (SSSR count). The van der Waals surface area contributed by atoms with E-state index in [-0.39, 0.29) is 0 Å². The Kier molecular flexibility index (Phi) is 3.48. The van der Waals surface area contributed by atoms with Gasteiger partial charge in [0, 0.05) is 30.2 Å². The van der Waals surface area contributed by atoms with Crippen molar-refractivity contribution in [2.24, 2.45) is 0 Å². The number of rotatable bonds is 2. The third-order valence-corrected chi connectivity index (χ3v) is 5.23. The minimum absolute atomic E-state index is 0.552. The summed E-state index contributed by atoms with van der Waals surface area (Å²) >= 11 is 6.27. The fourth-order valence-electron chi connectivity index (χ4n) is 3.83. The van der Waals surface area contributed by atoms with Gasteiger partial charge in [-0.25, -0.2) is 0 Å². The van der Waals surface area contributed by atoms with Gasteiger partial charge in [0.15, 0.2) is 0 Å². The zero-order chi connectivity index (χ0) is 14.2. The van der Waals surface area contributed by atoms with Gasteiger partial charge in [-0.3, -0.25) is 4.98 Å². The fourth-order valence-corrected chi connectivity index (χ4v) is 4.05. The molecule has 3 nitrogen and oxygen atoms in total. The van der Waals surface area contributed by atoms with E-state index in [9.17, 15) is 0 Å². The molecule has 0 spiro atoms. The van der Waals surface area contributed by atoms with Crippen molar-refractivity contribution in [2.75, 3.05) is 18.4 Å². The molecule has 0 bridgehead atoms. The van der Waals surface area contributed by atoms with Crippen LogP contribution in [0.25, 0.3) is 10.9 Å². The van der Waals surface area contributed by atoms with Gasteiger partial charge >= 0.3 is 0 Å². The van der Waals surface area contributed by atoms with Gasteiger partial charge in [0.1, 0.15) is 0 Å². The molecule has 1 N–H and O–H groups in total. The van der Waals surface area contributed by atoms with E-state index in [0.29, 0.717) is 6.04 Å². The molecule has 110 valence electrons. The molecule has 21 heavy (non-hydrogen) atoms. The highest BCUT2D eigenvalue weighted by Crippen LogP contribution is 2.32. The fraction of sp³-hybridized carbons (Fsp3) is 0.471. The van der Waals surface area contributed by atoms with Gasteiger partial charge in [-0.2, -0.15) is 0 Å².